The van der Waals surface area contributed by atoms with Gasteiger partial charge in [-0.1, -0.05) is 0 Å². The Morgan fingerprint density at radius 2 is 0.600 bits per heavy atom. The zero-order valence-corrected chi connectivity index (χ0v) is 5.59. The second kappa shape index (κ2) is 76.1. The number of hydrogen-bond donors (Lipinski definition) is 0. The summed E-state index contributed by atoms with van der Waals surface area (Å²) in [5.74, 6) is 0. The van der Waals surface area contributed by atoms with E-state index in [0.717, 1.165) is 0 Å². The molecular formula is H2F3FeI. The standard InChI is InChI=1S/3FH.Fe.H2I/h3*1H;;1H2/q;;;+2;+1/p-3. The SMILES string of the molecule is [F-].[F-].[F-].[Fe+2].[IH2+]. The molecule has 0 saturated carbocycles. The summed E-state index contributed by atoms with van der Waals surface area (Å²) in [6.07, 6.45) is 0. The second-order valence-electron chi connectivity index (χ2n) is 0. The molecule has 0 aliphatic carbocycles. The molecule has 0 aromatic rings. The summed E-state index contributed by atoms with van der Waals surface area (Å²) < 4.78 is 0. The van der Waals surface area contributed by atoms with Gasteiger partial charge in [-0.05, 0) is 0 Å². The van der Waals surface area contributed by atoms with Crippen LogP contribution in [0.3, 0.4) is 0 Å². The molecule has 0 amide bonds. The van der Waals surface area contributed by atoms with Crippen LogP contribution >= 0.6 is 0 Å². The molecule has 0 fully saturated rings. The first-order valence-corrected chi connectivity index (χ1v) is 0. The van der Waals surface area contributed by atoms with E-state index < -0.39 is 0 Å². The maximum absolute atomic E-state index is 0. The van der Waals surface area contributed by atoms with Gasteiger partial charge in [0.2, 0.25) is 24.0 Å². The van der Waals surface area contributed by atoms with E-state index in [1.54, 1.807) is 0 Å². The average Bonchev–Trinajstić information content (AvgIpc) is 0. The van der Waals surface area contributed by atoms with E-state index in [2.05, 4.69) is 0 Å². The molecule has 0 heterocycles. The molecule has 5 heteroatoms. The number of halogens is 4. The minimum absolute atomic E-state index is 0. The van der Waals surface area contributed by atoms with Crippen LogP contribution in [0, 0.1) is 0 Å². The van der Waals surface area contributed by atoms with Gasteiger partial charge in [0.25, 0.3) is 0 Å². The first-order chi connectivity index (χ1) is 0. The van der Waals surface area contributed by atoms with Crippen molar-refractivity contribution in [3.8, 4) is 0 Å². The molecule has 0 atom stereocenters. The number of rotatable bonds is 0. The third kappa shape index (κ3) is 43.1. The predicted molar refractivity (Wildman–Crippen MR) is 2.79 cm³/mol. The fourth-order valence-electron chi connectivity index (χ4n) is 0. The van der Waals surface area contributed by atoms with E-state index in [1.807, 2.05) is 0 Å². The van der Waals surface area contributed by atoms with Crippen molar-refractivity contribution in [3.63, 3.8) is 0 Å². The Labute approximate surface area is 55.3 Å². The Bertz CT molecular complexity index is 6.85. The maximum atomic E-state index is 0. The molecule has 0 aromatic carbocycles. The van der Waals surface area contributed by atoms with Crippen LogP contribution in [0.1, 0.15) is 0 Å². The van der Waals surface area contributed by atoms with Crippen molar-refractivity contribution in [2.24, 2.45) is 0 Å². The molecule has 0 spiro atoms. The minimum Gasteiger partial charge on any atom is -1.00 e. The maximum Gasteiger partial charge on any atom is 2.00 e. The summed E-state index contributed by atoms with van der Waals surface area (Å²) in [5, 5.41) is 0. The summed E-state index contributed by atoms with van der Waals surface area (Å²) in [7, 11) is 0. The first-order valence-electron chi connectivity index (χ1n) is 0. The molecule has 0 bridgehead atoms. The molecule has 0 radical (unpaired) electrons. The van der Waals surface area contributed by atoms with E-state index >= 15 is 0 Å². The number of hydrogen-bond acceptors (Lipinski definition) is 0. The van der Waals surface area contributed by atoms with Gasteiger partial charge in [-0.2, -0.15) is 0 Å². The molecule has 38 valence electrons. The normalized spacial score (nSPS) is 0. The summed E-state index contributed by atoms with van der Waals surface area (Å²) >= 11 is 0. The molecule has 0 saturated heterocycles. The molecule has 0 aromatic heterocycles. The van der Waals surface area contributed by atoms with E-state index in [4.69, 9.17) is 0 Å². The van der Waals surface area contributed by atoms with Crippen molar-refractivity contribution < 1.29 is 55.2 Å². The van der Waals surface area contributed by atoms with Gasteiger partial charge in [0.1, 0.15) is 0 Å². The summed E-state index contributed by atoms with van der Waals surface area (Å²) in [5.41, 5.74) is 0. The zero-order valence-electron chi connectivity index (χ0n) is 1.93. The first kappa shape index (κ1) is 142. The van der Waals surface area contributed by atoms with Gasteiger partial charge in [-0.25, -0.2) is 0 Å². The third-order valence-electron chi connectivity index (χ3n) is 0. The monoisotopic (exact) mass is 242 g/mol. The Kier molecular flexibility index (Phi) is 2160. The van der Waals surface area contributed by atoms with Crippen molar-refractivity contribution in [1.82, 2.24) is 0 Å². The van der Waals surface area contributed by atoms with Crippen molar-refractivity contribution >= 4 is 0 Å². The van der Waals surface area contributed by atoms with Crippen molar-refractivity contribution in [2.45, 2.75) is 0 Å². The van der Waals surface area contributed by atoms with E-state index in [9.17, 15) is 0 Å². The Hall–Kier alpha value is 1.04. The van der Waals surface area contributed by atoms with Crippen molar-refractivity contribution in [1.29, 1.82) is 0 Å². The van der Waals surface area contributed by atoms with Crippen LogP contribution < -0.4 is 38.1 Å². The summed E-state index contributed by atoms with van der Waals surface area (Å²) in [6.45, 7) is 0. The van der Waals surface area contributed by atoms with E-state index in [-0.39, 0.29) is 55.2 Å². The Morgan fingerprint density at radius 3 is 0.600 bits per heavy atom. The van der Waals surface area contributed by atoms with E-state index in [0.29, 0.717) is 0 Å². The zero-order chi connectivity index (χ0) is 0. The van der Waals surface area contributed by atoms with Crippen LogP contribution in [0.4, 0.5) is 0 Å². The molecule has 0 aliphatic rings. The molecule has 0 N–H and O–H groups in total. The largest absolute Gasteiger partial charge is 2.00 e. The van der Waals surface area contributed by atoms with Crippen LogP contribution in [0.2, 0.25) is 0 Å². The van der Waals surface area contributed by atoms with Crippen LogP contribution in [0.25, 0.3) is 0 Å². The van der Waals surface area contributed by atoms with Gasteiger partial charge in [0, 0.05) is 0 Å². The van der Waals surface area contributed by atoms with Crippen LogP contribution in [-0.4, -0.2) is 0 Å². The van der Waals surface area contributed by atoms with Gasteiger partial charge < -0.3 is 14.1 Å². The van der Waals surface area contributed by atoms with Crippen molar-refractivity contribution in [3.05, 3.63) is 0 Å². The second-order valence-corrected chi connectivity index (χ2v) is 0. The third-order valence-corrected chi connectivity index (χ3v) is 0. The molecule has 0 aliphatic heterocycles. The minimum atomic E-state index is 0. The summed E-state index contributed by atoms with van der Waals surface area (Å²) in [6, 6.07) is 0. The molecular weight excluding hydrogens is 240 g/mol. The van der Waals surface area contributed by atoms with Gasteiger partial charge >= 0.3 is 17.1 Å². The van der Waals surface area contributed by atoms with E-state index in [1.165, 1.54) is 0 Å². The predicted octanol–water partition coefficient (Wildman–Crippen LogP) is -12.5. The quantitative estimate of drug-likeness (QED) is 0.292. The van der Waals surface area contributed by atoms with Gasteiger partial charge in [0.15, 0.2) is 0 Å². The van der Waals surface area contributed by atoms with Gasteiger partial charge in [-0.3, -0.25) is 0 Å². The molecule has 0 rings (SSSR count). The molecule has 5 heavy (non-hydrogen) atoms. The van der Waals surface area contributed by atoms with Crippen LogP contribution in [0.15, 0.2) is 0 Å². The average molecular weight is 242 g/mol. The summed E-state index contributed by atoms with van der Waals surface area (Å²) in [4.78, 5) is 0. The fraction of sp³-hybridized carbons (Fsp3) is 0. The van der Waals surface area contributed by atoms with Crippen LogP contribution in [0.5, 0.6) is 0 Å². The van der Waals surface area contributed by atoms with Crippen molar-refractivity contribution in [2.75, 3.05) is 0 Å². The Balaban J connectivity index is 0. The smallest absolute Gasteiger partial charge is 1.00 e. The van der Waals surface area contributed by atoms with Gasteiger partial charge in [0.05, 0.1) is 0 Å². The molecule has 0 unspecified atom stereocenters. The fourth-order valence-corrected chi connectivity index (χ4v) is 0. The molecule has 0 nitrogen and oxygen atoms in total. The topological polar surface area (TPSA) is 0 Å². The van der Waals surface area contributed by atoms with Crippen LogP contribution in [-0.2, 0) is 17.1 Å². The van der Waals surface area contributed by atoms with Gasteiger partial charge in [-0.15, -0.1) is 0 Å². The Morgan fingerprint density at radius 1 is 0.600 bits per heavy atom.